The normalized spacial score (nSPS) is 11.7. The van der Waals surface area contributed by atoms with Crippen LogP contribution < -0.4 is 4.74 Å². The summed E-state index contributed by atoms with van der Waals surface area (Å²) >= 11 is 3.22. The average Bonchev–Trinajstić information content (AvgIpc) is 2.29. The number of carboxylic acids is 1. The second-order valence-electron chi connectivity index (χ2n) is 4.11. The molecule has 1 N–H and O–H groups in total. The third-order valence-electron chi connectivity index (χ3n) is 2.41. The second-order valence-corrected chi connectivity index (χ2v) is 4.97. The van der Waals surface area contributed by atoms with Crippen LogP contribution in [0.15, 0.2) is 22.7 Å². The zero-order valence-corrected chi connectivity index (χ0v) is 12.2. The van der Waals surface area contributed by atoms with Gasteiger partial charge in [-0.05, 0) is 23.8 Å². The van der Waals surface area contributed by atoms with Gasteiger partial charge in [-0.2, -0.15) is 13.2 Å². The number of hydrogen-bond donors (Lipinski definition) is 1. The van der Waals surface area contributed by atoms with Gasteiger partial charge in [0.15, 0.2) is 0 Å². The van der Waals surface area contributed by atoms with Gasteiger partial charge in [-0.15, -0.1) is 0 Å². The molecule has 0 aromatic heterocycles. The largest absolute Gasteiger partial charge is 0.497 e. The molecule has 0 heterocycles. The van der Waals surface area contributed by atoms with Crippen molar-refractivity contribution in [2.24, 2.45) is 0 Å². The van der Waals surface area contributed by atoms with E-state index in [1.54, 1.807) is 18.2 Å². The van der Waals surface area contributed by atoms with Crippen LogP contribution in [0.3, 0.4) is 0 Å². The van der Waals surface area contributed by atoms with Gasteiger partial charge >= 0.3 is 12.1 Å². The summed E-state index contributed by atoms with van der Waals surface area (Å²) in [5, 5.41) is 8.68. The first-order valence-electron chi connectivity index (χ1n) is 5.54. The lowest BCUT2D eigenvalue weighted by atomic mass is 10.2. The lowest BCUT2D eigenvalue weighted by Gasteiger charge is -2.22. The van der Waals surface area contributed by atoms with Gasteiger partial charge in [0.1, 0.15) is 5.75 Å². The number of alkyl halides is 3. The average molecular weight is 356 g/mol. The van der Waals surface area contributed by atoms with Crippen LogP contribution in [-0.4, -0.2) is 42.4 Å². The van der Waals surface area contributed by atoms with Gasteiger partial charge < -0.3 is 9.84 Å². The Morgan fingerprint density at radius 3 is 2.60 bits per heavy atom. The minimum atomic E-state index is -4.46. The van der Waals surface area contributed by atoms with E-state index in [0.29, 0.717) is 15.8 Å². The maximum atomic E-state index is 12.4. The minimum absolute atomic E-state index is 0.149. The van der Waals surface area contributed by atoms with Crippen LogP contribution in [0.5, 0.6) is 5.75 Å². The molecule has 0 amide bonds. The summed E-state index contributed by atoms with van der Waals surface area (Å²) in [7, 11) is 1.44. The highest BCUT2D eigenvalue weighted by atomic mass is 79.9. The number of carbonyl (C=O) groups is 1. The lowest BCUT2D eigenvalue weighted by Crippen LogP contribution is -2.37. The standard InChI is InChI=1S/C12H13BrF3NO3/c1-20-9-2-3-10(13)8(4-9)5-17(6-11(18)19)7-12(14,15)16/h2-4H,5-7H2,1H3,(H,18,19). The van der Waals surface area contributed by atoms with E-state index in [4.69, 9.17) is 9.84 Å². The van der Waals surface area contributed by atoms with Crippen LogP contribution in [0.4, 0.5) is 13.2 Å². The molecule has 0 spiro atoms. The SMILES string of the molecule is COc1ccc(Br)c(CN(CC(=O)O)CC(F)(F)F)c1. The molecule has 0 fully saturated rings. The molecule has 8 heteroatoms. The van der Waals surface area contributed by atoms with Crippen LogP contribution in [0, 0.1) is 0 Å². The maximum absolute atomic E-state index is 12.4. The number of hydrogen-bond acceptors (Lipinski definition) is 3. The predicted octanol–water partition coefficient (Wildman–Crippen LogP) is 2.91. The highest BCUT2D eigenvalue weighted by Gasteiger charge is 2.31. The molecule has 0 aliphatic heterocycles. The van der Waals surface area contributed by atoms with E-state index in [-0.39, 0.29) is 6.54 Å². The van der Waals surface area contributed by atoms with Crippen molar-refractivity contribution in [2.45, 2.75) is 12.7 Å². The molecule has 0 radical (unpaired) electrons. The van der Waals surface area contributed by atoms with E-state index < -0.39 is 25.2 Å². The first-order valence-corrected chi connectivity index (χ1v) is 6.34. The minimum Gasteiger partial charge on any atom is -0.497 e. The van der Waals surface area contributed by atoms with Gasteiger partial charge in [0.25, 0.3) is 0 Å². The van der Waals surface area contributed by atoms with Crippen molar-refractivity contribution in [1.82, 2.24) is 4.90 Å². The number of benzene rings is 1. The van der Waals surface area contributed by atoms with E-state index in [1.165, 1.54) is 7.11 Å². The van der Waals surface area contributed by atoms with Crippen LogP contribution in [-0.2, 0) is 11.3 Å². The highest BCUT2D eigenvalue weighted by molar-refractivity contribution is 9.10. The molecule has 1 aromatic rings. The molecule has 112 valence electrons. The molecule has 0 aliphatic rings. The predicted molar refractivity (Wildman–Crippen MR) is 69.7 cm³/mol. The summed E-state index contributed by atoms with van der Waals surface area (Å²) in [5.74, 6) is -0.821. The van der Waals surface area contributed by atoms with Gasteiger partial charge in [0, 0.05) is 11.0 Å². The summed E-state index contributed by atoms with van der Waals surface area (Å²) in [4.78, 5) is 11.5. The van der Waals surface area contributed by atoms with Gasteiger partial charge in [-0.3, -0.25) is 9.69 Å². The summed E-state index contributed by atoms with van der Waals surface area (Å²) in [5.41, 5.74) is 0.523. The maximum Gasteiger partial charge on any atom is 0.401 e. The number of halogens is 4. The van der Waals surface area contributed by atoms with Crippen molar-refractivity contribution >= 4 is 21.9 Å². The molecule has 0 unspecified atom stereocenters. The highest BCUT2D eigenvalue weighted by Crippen LogP contribution is 2.25. The van der Waals surface area contributed by atoms with Crippen LogP contribution in [0.1, 0.15) is 5.56 Å². The third kappa shape index (κ3) is 5.79. The van der Waals surface area contributed by atoms with Gasteiger partial charge in [-0.1, -0.05) is 15.9 Å². The van der Waals surface area contributed by atoms with E-state index in [0.717, 1.165) is 4.90 Å². The van der Waals surface area contributed by atoms with Crippen molar-refractivity contribution in [3.8, 4) is 5.75 Å². The molecular weight excluding hydrogens is 343 g/mol. The first kappa shape index (κ1) is 16.8. The van der Waals surface area contributed by atoms with Crippen LogP contribution >= 0.6 is 15.9 Å². The number of methoxy groups -OCH3 is 1. The fourth-order valence-corrected chi connectivity index (χ4v) is 2.02. The van der Waals surface area contributed by atoms with Crippen molar-refractivity contribution in [1.29, 1.82) is 0 Å². The Balaban J connectivity index is 2.90. The fourth-order valence-electron chi connectivity index (χ4n) is 1.65. The summed E-state index contributed by atoms with van der Waals surface area (Å²) in [6, 6.07) is 4.86. The Labute approximate surface area is 122 Å². The van der Waals surface area contributed by atoms with Crippen LogP contribution in [0.2, 0.25) is 0 Å². The number of aliphatic carboxylic acids is 1. The Hall–Kier alpha value is -1.28. The number of rotatable bonds is 6. The second kappa shape index (κ2) is 6.94. The molecule has 1 aromatic carbocycles. The van der Waals surface area contributed by atoms with Gasteiger partial charge in [0.05, 0.1) is 20.2 Å². The van der Waals surface area contributed by atoms with Crippen molar-refractivity contribution in [3.63, 3.8) is 0 Å². The van der Waals surface area contributed by atoms with Crippen molar-refractivity contribution in [3.05, 3.63) is 28.2 Å². The van der Waals surface area contributed by atoms with Gasteiger partial charge in [-0.25, -0.2) is 0 Å². The smallest absolute Gasteiger partial charge is 0.401 e. The van der Waals surface area contributed by atoms with E-state index in [1.807, 2.05) is 0 Å². The summed E-state index contributed by atoms with van der Waals surface area (Å²) < 4.78 is 42.9. The number of ether oxygens (including phenoxy) is 1. The van der Waals surface area contributed by atoms with E-state index in [2.05, 4.69) is 15.9 Å². The molecule has 20 heavy (non-hydrogen) atoms. The van der Waals surface area contributed by atoms with Gasteiger partial charge in [0.2, 0.25) is 0 Å². The zero-order chi connectivity index (χ0) is 15.3. The molecule has 0 aliphatic carbocycles. The summed E-state index contributed by atoms with van der Waals surface area (Å²) in [6.07, 6.45) is -4.46. The Bertz CT molecular complexity index is 480. The fraction of sp³-hybridized carbons (Fsp3) is 0.417. The molecule has 0 atom stereocenters. The Morgan fingerprint density at radius 2 is 2.10 bits per heavy atom. The monoisotopic (exact) mass is 355 g/mol. The summed E-state index contributed by atoms with van der Waals surface area (Å²) in [6.45, 7) is -2.13. The quantitative estimate of drug-likeness (QED) is 0.852. The molecule has 0 saturated carbocycles. The topological polar surface area (TPSA) is 49.8 Å². The Kier molecular flexibility index (Phi) is 5.82. The molecular formula is C12H13BrF3NO3. The van der Waals surface area contributed by atoms with Crippen molar-refractivity contribution in [2.75, 3.05) is 20.2 Å². The molecule has 0 saturated heterocycles. The molecule has 1 rings (SSSR count). The third-order valence-corrected chi connectivity index (χ3v) is 3.18. The molecule has 4 nitrogen and oxygen atoms in total. The molecule has 0 bridgehead atoms. The number of nitrogens with zero attached hydrogens (tertiary/aromatic N) is 1. The zero-order valence-electron chi connectivity index (χ0n) is 10.6. The lowest BCUT2D eigenvalue weighted by molar-refractivity contribution is -0.154. The Morgan fingerprint density at radius 1 is 1.45 bits per heavy atom. The van der Waals surface area contributed by atoms with E-state index in [9.17, 15) is 18.0 Å². The number of carboxylic acid groups (broad SMARTS) is 1. The van der Waals surface area contributed by atoms with Crippen LogP contribution in [0.25, 0.3) is 0 Å². The first-order chi connectivity index (χ1) is 9.21. The van der Waals surface area contributed by atoms with Crippen molar-refractivity contribution < 1.29 is 27.8 Å². The van der Waals surface area contributed by atoms with E-state index >= 15 is 0 Å².